The van der Waals surface area contributed by atoms with Gasteiger partial charge in [0.25, 0.3) is 0 Å². The molecule has 1 aromatic rings. The first-order valence-corrected chi connectivity index (χ1v) is 6.90. The van der Waals surface area contributed by atoms with Gasteiger partial charge in [0, 0.05) is 23.8 Å². The van der Waals surface area contributed by atoms with Gasteiger partial charge in [-0.1, -0.05) is 17.7 Å². The molecule has 1 aliphatic rings. The second kappa shape index (κ2) is 6.13. The van der Waals surface area contributed by atoms with Gasteiger partial charge in [-0.25, -0.2) is 4.79 Å². The average molecular weight is 297 g/mol. The van der Waals surface area contributed by atoms with Crippen molar-refractivity contribution in [2.75, 3.05) is 18.4 Å². The molecule has 1 aliphatic heterocycles. The Bertz CT molecular complexity index is 525. The van der Waals surface area contributed by atoms with Crippen molar-refractivity contribution >= 4 is 29.3 Å². The van der Waals surface area contributed by atoms with Crippen LogP contribution in [0.3, 0.4) is 0 Å². The van der Waals surface area contributed by atoms with Crippen LogP contribution < -0.4 is 5.32 Å². The van der Waals surface area contributed by atoms with E-state index in [1.807, 2.05) is 6.92 Å². The third kappa shape index (κ3) is 3.22. The molecule has 0 aromatic heterocycles. The topological polar surface area (TPSA) is 69.6 Å². The Kier molecular flexibility index (Phi) is 4.49. The van der Waals surface area contributed by atoms with Crippen LogP contribution in [0.15, 0.2) is 18.2 Å². The summed E-state index contributed by atoms with van der Waals surface area (Å²) in [6.45, 7) is 2.76. The minimum absolute atomic E-state index is 0.209. The fourth-order valence-corrected chi connectivity index (χ4v) is 2.44. The van der Waals surface area contributed by atoms with Crippen molar-refractivity contribution in [3.05, 3.63) is 28.8 Å². The Hall–Kier alpha value is -1.75. The van der Waals surface area contributed by atoms with E-state index in [4.69, 9.17) is 16.7 Å². The zero-order valence-corrected chi connectivity index (χ0v) is 12.0. The molecule has 1 aromatic carbocycles. The van der Waals surface area contributed by atoms with Crippen molar-refractivity contribution in [2.45, 2.75) is 19.8 Å². The normalized spacial score (nSPS) is 16.0. The zero-order chi connectivity index (χ0) is 14.7. The molecule has 0 bridgehead atoms. The van der Waals surface area contributed by atoms with Crippen molar-refractivity contribution in [1.29, 1.82) is 0 Å². The van der Waals surface area contributed by atoms with Gasteiger partial charge in [-0.15, -0.1) is 0 Å². The van der Waals surface area contributed by atoms with Gasteiger partial charge >= 0.3 is 12.0 Å². The number of carbonyl (C=O) groups excluding carboxylic acids is 1. The SMILES string of the molecule is Cc1c(Cl)cccc1NC(=O)N1CCC(C(=O)O)CC1. The standard InChI is InChI=1S/C14H17ClN2O3/c1-9-11(15)3-2-4-12(9)16-14(20)17-7-5-10(6-8-17)13(18)19/h2-4,10H,5-8H2,1H3,(H,16,20)(H,18,19). The summed E-state index contributed by atoms with van der Waals surface area (Å²) >= 11 is 6.01. The lowest BCUT2D eigenvalue weighted by Gasteiger charge is -2.30. The molecule has 2 amide bonds. The Morgan fingerprint density at radius 3 is 2.60 bits per heavy atom. The molecule has 0 aliphatic carbocycles. The fourth-order valence-electron chi connectivity index (χ4n) is 2.27. The van der Waals surface area contributed by atoms with E-state index in [1.54, 1.807) is 23.1 Å². The van der Waals surface area contributed by atoms with Gasteiger partial charge < -0.3 is 15.3 Å². The molecule has 0 atom stereocenters. The third-order valence-electron chi connectivity index (χ3n) is 3.64. The second-order valence-corrected chi connectivity index (χ2v) is 5.35. The molecule has 1 fully saturated rings. The van der Waals surface area contributed by atoms with Crippen LogP contribution >= 0.6 is 11.6 Å². The summed E-state index contributed by atoms with van der Waals surface area (Å²) in [6.07, 6.45) is 0.995. The number of piperidine rings is 1. The van der Waals surface area contributed by atoms with Crippen LogP contribution in [0.4, 0.5) is 10.5 Å². The molecule has 20 heavy (non-hydrogen) atoms. The number of nitrogens with one attached hydrogen (secondary N) is 1. The van der Waals surface area contributed by atoms with Crippen LogP contribution in [-0.2, 0) is 4.79 Å². The number of halogens is 1. The number of hydrogen-bond donors (Lipinski definition) is 2. The summed E-state index contributed by atoms with van der Waals surface area (Å²) in [5.41, 5.74) is 1.51. The van der Waals surface area contributed by atoms with E-state index >= 15 is 0 Å². The maximum atomic E-state index is 12.1. The first-order valence-electron chi connectivity index (χ1n) is 6.53. The van der Waals surface area contributed by atoms with E-state index in [9.17, 15) is 9.59 Å². The smallest absolute Gasteiger partial charge is 0.321 e. The van der Waals surface area contributed by atoms with Crippen molar-refractivity contribution in [3.8, 4) is 0 Å². The summed E-state index contributed by atoms with van der Waals surface area (Å²) in [5, 5.41) is 12.4. The molecule has 0 radical (unpaired) electrons. The van der Waals surface area contributed by atoms with Crippen molar-refractivity contribution in [3.63, 3.8) is 0 Å². The van der Waals surface area contributed by atoms with E-state index in [-0.39, 0.29) is 11.9 Å². The van der Waals surface area contributed by atoms with E-state index in [1.165, 1.54) is 0 Å². The average Bonchev–Trinajstić information content (AvgIpc) is 2.44. The molecule has 1 heterocycles. The lowest BCUT2D eigenvalue weighted by Crippen LogP contribution is -2.42. The minimum Gasteiger partial charge on any atom is -0.481 e. The Morgan fingerprint density at radius 2 is 2.00 bits per heavy atom. The number of carboxylic acid groups (broad SMARTS) is 1. The number of likely N-dealkylation sites (tertiary alicyclic amines) is 1. The number of anilines is 1. The van der Waals surface area contributed by atoms with Crippen LogP contribution in [0.25, 0.3) is 0 Å². The predicted octanol–water partition coefficient (Wildman–Crippen LogP) is 2.98. The molecular weight excluding hydrogens is 280 g/mol. The lowest BCUT2D eigenvalue weighted by atomic mass is 9.97. The summed E-state index contributed by atoms with van der Waals surface area (Å²) < 4.78 is 0. The number of amides is 2. The first kappa shape index (κ1) is 14.7. The van der Waals surface area contributed by atoms with Gasteiger partial charge in [-0.2, -0.15) is 0 Å². The Labute approximate surface area is 122 Å². The van der Waals surface area contributed by atoms with Crippen LogP contribution in [0.5, 0.6) is 0 Å². The number of hydrogen-bond acceptors (Lipinski definition) is 2. The molecule has 108 valence electrons. The second-order valence-electron chi connectivity index (χ2n) is 4.94. The number of nitrogens with zero attached hydrogens (tertiary/aromatic N) is 1. The number of rotatable bonds is 2. The maximum Gasteiger partial charge on any atom is 0.321 e. The summed E-state index contributed by atoms with van der Waals surface area (Å²) in [6, 6.07) is 5.13. The van der Waals surface area contributed by atoms with E-state index in [2.05, 4.69) is 5.32 Å². The van der Waals surface area contributed by atoms with E-state index in [0.29, 0.717) is 36.6 Å². The molecule has 5 nitrogen and oxygen atoms in total. The highest BCUT2D eigenvalue weighted by Gasteiger charge is 2.27. The lowest BCUT2D eigenvalue weighted by molar-refractivity contribution is -0.143. The number of benzene rings is 1. The number of carboxylic acids is 1. The van der Waals surface area contributed by atoms with Crippen molar-refractivity contribution in [1.82, 2.24) is 4.90 Å². The molecular formula is C14H17ClN2O3. The van der Waals surface area contributed by atoms with Gasteiger partial charge in [-0.05, 0) is 37.5 Å². The van der Waals surface area contributed by atoms with Crippen molar-refractivity contribution < 1.29 is 14.7 Å². The monoisotopic (exact) mass is 296 g/mol. The summed E-state index contributed by atoms with van der Waals surface area (Å²) in [4.78, 5) is 24.6. The van der Waals surface area contributed by atoms with Crippen LogP contribution in [0.1, 0.15) is 18.4 Å². The van der Waals surface area contributed by atoms with Crippen LogP contribution in [0, 0.1) is 12.8 Å². The molecule has 2 N–H and O–H groups in total. The molecule has 6 heteroatoms. The van der Waals surface area contributed by atoms with Gasteiger partial charge in [-0.3, -0.25) is 4.79 Å². The molecule has 0 spiro atoms. The van der Waals surface area contributed by atoms with E-state index < -0.39 is 5.97 Å². The van der Waals surface area contributed by atoms with Crippen LogP contribution in [-0.4, -0.2) is 35.1 Å². The van der Waals surface area contributed by atoms with E-state index in [0.717, 1.165) is 5.56 Å². The van der Waals surface area contributed by atoms with Crippen LogP contribution in [0.2, 0.25) is 5.02 Å². The molecule has 0 saturated carbocycles. The summed E-state index contributed by atoms with van der Waals surface area (Å²) in [5.74, 6) is -1.12. The fraction of sp³-hybridized carbons (Fsp3) is 0.429. The Balaban J connectivity index is 1.96. The van der Waals surface area contributed by atoms with Crippen molar-refractivity contribution in [2.24, 2.45) is 5.92 Å². The largest absolute Gasteiger partial charge is 0.481 e. The molecule has 0 unspecified atom stereocenters. The highest BCUT2D eigenvalue weighted by atomic mass is 35.5. The maximum absolute atomic E-state index is 12.1. The third-order valence-corrected chi connectivity index (χ3v) is 4.05. The van der Waals surface area contributed by atoms with Gasteiger partial charge in [0.05, 0.1) is 5.92 Å². The molecule has 1 saturated heterocycles. The predicted molar refractivity (Wildman–Crippen MR) is 77.1 cm³/mol. The highest BCUT2D eigenvalue weighted by Crippen LogP contribution is 2.24. The minimum atomic E-state index is -0.782. The van der Waals surface area contributed by atoms with Gasteiger partial charge in [0.1, 0.15) is 0 Å². The summed E-state index contributed by atoms with van der Waals surface area (Å²) in [7, 11) is 0. The quantitative estimate of drug-likeness (QED) is 0.881. The number of urea groups is 1. The number of aliphatic carboxylic acids is 1. The molecule has 2 rings (SSSR count). The van der Waals surface area contributed by atoms with Gasteiger partial charge in [0.15, 0.2) is 0 Å². The van der Waals surface area contributed by atoms with Gasteiger partial charge in [0.2, 0.25) is 0 Å². The number of carbonyl (C=O) groups is 2. The highest BCUT2D eigenvalue weighted by molar-refractivity contribution is 6.31. The Morgan fingerprint density at radius 1 is 1.35 bits per heavy atom. The first-order chi connectivity index (χ1) is 9.49. The zero-order valence-electron chi connectivity index (χ0n) is 11.2.